The van der Waals surface area contributed by atoms with Crippen LogP contribution in [0.4, 0.5) is 0 Å². The molecule has 0 radical (unpaired) electrons. The smallest absolute Gasteiger partial charge is 0.191 e. The molecule has 2 rings (SSSR count). The number of rotatable bonds is 9. The van der Waals surface area contributed by atoms with Gasteiger partial charge in [0.2, 0.25) is 0 Å². The van der Waals surface area contributed by atoms with Gasteiger partial charge in [-0.25, -0.2) is 0 Å². The number of ether oxygens (including phenoxy) is 3. The van der Waals surface area contributed by atoms with E-state index in [-0.39, 0.29) is 24.0 Å². The van der Waals surface area contributed by atoms with E-state index in [0.717, 1.165) is 56.9 Å². The van der Waals surface area contributed by atoms with Crippen LogP contribution in [-0.4, -0.2) is 77.6 Å². The Labute approximate surface area is 179 Å². The first-order valence-corrected chi connectivity index (χ1v) is 9.22. The number of hydrogen-bond acceptors (Lipinski definition) is 5. The Hall–Kier alpha value is -1.26. The van der Waals surface area contributed by atoms with Gasteiger partial charge in [-0.1, -0.05) is 6.92 Å². The molecule has 0 saturated carbocycles. The molecule has 8 heteroatoms. The van der Waals surface area contributed by atoms with E-state index in [1.54, 1.807) is 14.2 Å². The van der Waals surface area contributed by atoms with Crippen molar-refractivity contribution in [3.63, 3.8) is 0 Å². The molecular formula is C19H33IN4O3. The lowest BCUT2D eigenvalue weighted by molar-refractivity contribution is 0.0320. The summed E-state index contributed by atoms with van der Waals surface area (Å²) in [6.07, 6.45) is 0. The minimum atomic E-state index is 0. The van der Waals surface area contributed by atoms with Gasteiger partial charge in [0.1, 0.15) is 18.1 Å². The summed E-state index contributed by atoms with van der Waals surface area (Å²) >= 11 is 0. The molecule has 1 aromatic rings. The topological polar surface area (TPSA) is 67.4 Å². The van der Waals surface area contributed by atoms with Crippen molar-refractivity contribution in [1.82, 2.24) is 15.5 Å². The number of nitrogens with one attached hydrogen (secondary N) is 2. The minimum absolute atomic E-state index is 0. The van der Waals surface area contributed by atoms with Gasteiger partial charge in [0, 0.05) is 33.2 Å². The summed E-state index contributed by atoms with van der Waals surface area (Å²) in [4.78, 5) is 6.72. The Bertz CT molecular complexity index is 536. The highest BCUT2D eigenvalue weighted by Gasteiger charge is 2.13. The summed E-state index contributed by atoms with van der Waals surface area (Å²) in [6, 6.07) is 7.58. The molecule has 1 saturated heterocycles. The standard InChI is InChI=1S/C19H32N4O3.HI/c1-16(15-23-9-12-25-13-10-23)14-22-19(20-2)21-8-11-26-18-6-4-17(24-3)5-7-18;/h4-7,16H,8-15H2,1-3H3,(H2,20,21,22);1H. The maximum atomic E-state index is 5.71. The van der Waals surface area contributed by atoms with Gasteiger partial charge in [-0.15, -0.1) is 24.0 Å². The summed E-state index contributed by atoms with van der Waals surface area (Å²) in [5, 5.41) is 6.66. The summed E-state index contributed by atoms with van der Waals surface area (Å²) in [6.45, 7) is 9.21. The molecule has 154 valence electrons. The van der Waals surface area contributed by atoms with Crippen LogP contribution < -0.4 is 20.1 Å². The molecule has 1 heterocycles. The molecule has 1 aliphatic rings. The fourth-order valence-corrected chi connectivity index (χ4v) is 2.79. The largest absolute Gasteiger partial charge is 0.497 e. The lowest BCUT2D eigenvalue weighted by Gasteiger charge is -2.29. The van der Waals surface area contributed by atoms with E-state index < -0.39 is 0 Å². The zero-order valence-corrected chi connectivity index (χ0v) is 18.9. The molecule has 1 unspecified atom stereocenters. The molecule has 2 N–H and O–H groups in total. The van der Waals surface area contributed by atoms with Gasteiger partial charge in [0.25, 0.3) is 0 Å². The number of benzene rings is 1. The Balaban J connectivity index is 0.00000364. The normalized spacial score (nSPS) is 16.2. The number of guanidine groups is 1. The van der Waals surface area contributed by atoms with Gasteiger partial charge in [-0.3, -0.25) is 9.89 Å². The van der Waals surface area contributed by atoms with Crippen LogP contribution in [-0.2, 0) is 4.74 Å². The summed E-state index contributed by atoms with van der Waals surface area (Å²) in [7, 11) is 3.44. The zero-order chi connectivity index (χ0) is 18.6. The molecule has 1 aliphatic heterocycles. The molecule has 7 nitrogen and oxygen atoms in total. The minimum Gasteiger partial charge on any atom is -0.497 e. The Morgan fingerprint density at radius 2 is 1.85 bits per heavy atom. The number of halogens is 1. The van der Waals surface area contributed by atoms with Gasteiger partial charge in [-0.05, 0) is 30.2 Å². The van der Waals surface area contributed by atoms with Crippen molar-refractivity contribution >= 4 is 29.9 Å². The molecule has 27 heavy (non-hydrogen) atoms. The highest BCUT2D eigenvalue weighted by Crippen LogP contribution is 2.16. The predicted molar refractivity (Wildman–Crippen MR) is 120 cm³/mol. The van der Waals surface area contributed by atoms with Crippen molar-refractivity contribution in [1.29, 1.82) is 0 Å². The van der Waals surface area contributed by atoms with Crippen molar-refractivity contribution in [2.75, 3.05) is 66.7 Å². The van der Waals surface area contributed by atoms with Gasteiger partial charge >= 0.3 is 0 Å². The van der Waals surface area contributed by atoms with Crippen LogP contribution in [0.1, 0.15) is 6.92 Å². The average molecular weight is 492 g/mol. The fraction of sp³-hybridized carbons (Fsp3) is 0.632. The van der Waals surface area contributed by atoms with Gasteiger partial charge in [0.15, 0.2) is 5.96 Å². The third kappa shape index (κ3) is 9.48. The summed E-state index contributed by atoms with van der Waals surface area (Å²) in [5.74, 6) is 3.00. The third-order valence-corrected chi connectivity index (χ3v) is 4.24. The third-order valence-electron chi connectivity index (χ3n) is 4.24. The lowest BCUT2D eigenvalue weighted by atomic mass is 10.1. The molecule has 0 aliphatic carbocycles. The maximum Gasteiger partial charge on any atom is 0.191 e. The van der Waals surface area contributed by atoms with E-state index in [9.17, 15) is 0 Å². The fourth-order valence-electron chi connectivity index (χ4n) is 2.79. The van der Waals surface area contributed by atoms with Crippen LogP contribution in [0.3, 0.4) is 0 Å². The second-order valence-electron chi connectivity index (χ2n) is 6.42. The Kier molecular flexibility index (Phi) is 12.2. The number of hydrogen-bond donors (Lipinski definition) is 2. The van der Waals surface area contributed by atoms with Crippen LogP contribution in [0, 0.1) is 5.92 Å². The first-order chi connectivity index (χ1) is 12.7. The van der Waals surface area contributed by atoms with Crippen molar-refractivity contribution in [3.05, 3.63) is 24.3 Å². The van der Waals surface area contributed by atoms with Crippen LogP contribution in [0.5, 0.6) is 11.5 Å². The van der Waals surface area contributed by atoms with Gasteiger partial charge < -0.3 is 24.8 Å². The average Bonchev–Trinajstić information content (AvgIpc) is 2.68. The molecule has 0 aromatic heterocycles. The molecule has 1 aromatic carbocycles. The molecule has 0 bridgehead atoms. The van der Waals surface area contributed by atoms with E-state index in [1.165, 1.54) is 0 Å². The molecule has 0 spiro atoms. The van der Waals surface area contributed by atoms with Crippen LogP contribution >= 0.6 is 24.0 Å². The van der Waals surface area contributed by atoms with Crippen molar-refractivity contribution < 1.29 is 14.2 Å². The Morgan fingerprint density at radius 1 is 1.19 bits per heavy atom. The molecule has 1 fully saturated rings. The van der Waals surface area contributed by atoms with Crippen LogP contribution in [0.25, 0.3) is 0 Å². The number of morpholine rings is 1. The lowest BCUT2D eigenvalue weighted by Crippen LogP contribution is -2.44. The monoisotopic (exact) mass is 492 g/mol. The number of methoxy groups -OCH3 is 1. The van der Waals surface area contributed by atoms with Crippen molar-refractivity contribution in [2.45, 2.75) is 6.92 Å². The summed E-state index contributed by atoms with van der Waals surface area (Å²) < 4.78 is 16.2. The highest BCUT2D eigenvalue weighted by atomic mass is 127. The summed E-state index contributed by atoms with van der Waals surface area (Å²) in [5.41, 5.74) is 0. The number of aliphatic imine (C=N–C) groups is 1. The Morgan fingerprint density at radius 3 is 2.48 bits per heavy atom. The van der Waals surface area contributed by atoms with Crippen LogP contribution in [0.15, 0.2) is 29.3 Å². The van der Waals surface area contributed by atoms with E-state index in [0.29, 0.717) is 19.1 Å². The van der Waals surface area contributed by atoms with Crippen molar-refractivity contribution in [3.8, 4) is 11.5 Å². The second kappa shape index (κ2) is 13.8. The molecular weight excluding hydrogens is 459 g/mol. The maximum absolute atomic E-state index is 5.71. The van der Waals surface area contributed by atoms with Crippen molar-refractivity contribution in [2.24, 2.45) is 10.9 Å². The van der Waals surface area contributed by atoms with Gasteiger partial charge in [-0.2, -0.15) is 0 Å². The van der Waals surface area contributed by atoms with E-state index in [4.69, 9.17) is 14.2 Å². The first kappa shape index (κ1) is 23.8. The first-order valence-electron chi connectivity index (χ1n) is 9.22. The van der Waals surface area contributed by atoms with Crippen LogP contribution in [0.2, 0.25) is 0 Å². The van der Waals surface area contributed by atoms with Gasteiger partial charge in [0.05, 0.1) is 26.9 Å². The second-order valence-corrected chi connectivity index (χ2v) is 6.42. The molecule has 0 amide bonds. The predicted octanol–water partition coefficient (Wildman–Crippen LogP) is 1.83. The quantitative estimate of drug-likeness (QED) is 0.237. The molecule has 1 atom stereocenters. The van der Waals surface area contributed by atoms with E-state index in [1.807, 2.05) is 24.3 Å². The highest BCUT2D eigenvalue weighted by molar-refractivity contribution is 14.0. The number of nitrogens with zero attached hydrogens (tertiary/aromatic N) is 2. The van der Waals surface area contributed by atoms with E-state index >= 15 is 0 Å². The van der Waals surface area contributed by atoms with E-state index in [2.05, 4.69) is 27.4 Å². The SMILES string of the molecule is CN=C(NCCOc1ccc(OC)cc1)NCC(C)CN1CCOCC1.I. The zero-order valence-electron chi connectivity index (χ0n) is 16.6.